The smallest absolute Gasteiger partial charge is 0.410 e. The lowest BCUT2D eigenvalue weighted by Gasteiger charge is -2.27. The van der Waals surface area contributed by atoms with Crippen LogP contribution in [-0.2, 0) is 9.53 Å². The van der Waals surface area contributed by atoms with E-state index < -0.39 is 17.7 Å². The van der Waals surface area contributed by atoms with Gasteiger partial charge >= 0.3 is 6.09 Å². The SMILES string of the molecule is CC(C)(C)OC(=O)N1CCCC1C(=O)N/N=C/C1=Cc2ccccc2OC1. The van der Waals surface area contributed by atoms with E-state index in [4.69, 9.17) is 9.47 Å². The Morgan fingerprint density at radius 1 is 1.33 bits per heavy atom. The van der Waals surface area contributed by atoms with E-state index in [0.717, 1.165) is 23.3 Å². The van der Waals surface area contributed by atoms with Crippen LogP contribution in [0.25, 0.3) is 6.08 Å². The third-order valence-corrected chi connectivity index (χ3v) is 4.24. The van der Waals surface area contributed by atoms with Gasteiger partial charge in [-0.2, -0.15) is 5.10 Å². The summed E-state index contributed by atoms with van der Waals surface area (Å²) in [4.78, 5) is 26.2. The molecule has 144 valence electrons. The summed E-state index contributed by atoms with van der Waals surface area (Å²) in [5.41, 5.74) is 3.76. The predicted octanol–water partition coefficient (Wildman–Crippen LogP) is 2.96. The maximum Gasteiger partial charge on any atom is 0.410 e. The van der Waals surface area contributed by atoms with Crippen LogP contribution < -0.4 is 10.2 Å². The van der Waals surface area contributed by atoms with E-state index in [2.05, 4.69) is 10.5 Å². The highest BCUT2D eigenvalue weighted by atomic mass is 16.6. The number of ether oxygens (including phenoxy) is 2. The lowest BCUT2D eigenvalue weighted by atomic mass is 10.1. The van der Waals surface area contributed by atoms with E-state index in [0.29, 0.717) is 19.6 Å². The van der Waals surface area contributed by atoms with Crippen molar-refractivity contribution in [3.05, 3.63) is 35.4 Å². The molecular formula is C20H25N3O4. The summed E-state index contributed by atoms with van der Waals surface area (Å²) in [6.45, 7) is 6.31. The Kier molecular flexibility index (Phi) is 5.48. The first-order valence-electron chi connectivity index (χ1n) is 9.08. The van der Waals surface area contributed by atoms with Crippen molar-refractivity contribution in [3.8, 4) is 5.75 Å². The van der Waals surface area contributed by atoms with Crippen LogP contribution in [0.5, 0.6) is 5.75 Å². The maximum absolute atomic E-state index is 12.4. The van der Waals surface area contributed by atoms with Crippen molar-refractivity contribution in [1.82, 2.24) is 10.3 Å². The maximum atomic E-state index is 12.4. The number of carbonyl (C=O) groups is 2. The molecule has 1 aromatic carbocycles. The van der Waals surface area contributed by atoms with E-state index in [-0.39, 0.29) is 5.91 Å². The van der Waals surface area contributed by atoms with Crippen molar-refractivity contribution in [2.24, 2.45) is 5.10 Å². The summed E-state index contributed by atoms with van der Waals surface area (Å²) < 4.78 is 11.0. The topological polar surface area (TPSA) is 80.2 Å². The number of fused-ring (bicyclic) bond motifs is 1. The first-order valence-corrected chi connectivity index (χ1v) is 9.08. The molecule has 2 heterocycles. The van der Waals surface area contributed by atoms with Gasteiger partial charge in [0.15, 0.2) is 0 Å². The monoisotopic (exact) mass is 371 g/mol. The molecule has 0 spiro atoms. The number of benzene rings is 1. The Bertz CT molecular complexity index is 780. The van der Waals surface area contributed by atoms with Crippen LogP contribution in [0.15, 0.2) is 34.9 Å². The van der Waals surface area contributed by atoms with Crippen LogP contribution in [0.3, 0.4) is 0 Å². The van der Waals surface area contributed by atoms with Crippen LogP contribution in [-0.4, -0.2) is 47.9 Å². The van der Waals surface area contributed by atoms with Gasteiger partial charge in [-0.3, -0.25) is 9.69 Å². The van der Waals surface area contributed by atoms with Crippen molar-refractivity contribution >= 4 is 24.3 Å². The van der Waals surface area contributed by atoms with E-state index in [1.807, 2.05) is 30.3 Å². The number of hydrogen-bond donors (Lipinski definition) is 1. The van der Waals surface area contributed by atoms with E-state index >= 15 is 0 Å². The lowest BCUT2D eigenvalue weighted by molar-refractivity contribution is -0.125. The first kappa shape index (κ1) is 18.9. The molecule has 2 aliphatic rings. The molecule has 1 unspecified atom stereocenters. The number of likely N-dealkylation sites (tertiary alicyclic amines) is 1. The minimum atomic E-state index is -0.595. The fourth-order valence-electron chi connectivity index (χ4n) is 3.04. The van der Waals surface area contributed by atoms with Crippen LogP contribution in [0.1, 0.15) is 39.2 Å². The normalized spacial score (nSPS) is 19.3. The highest BCUT2D eigenvalue weighted by Gasteiger charge is 2.36. The van der Waals surface area contributed by atoms with Crippen LogP contribution in [0.2, 0.25) is 0 Å². The molecule has 0 radical (unpaired) electrons. The molecule has 0 bridgehead atoms. The van der Waals surface area contributed by atoms with Gasteiger partial charge in [0.05, 0.1) is 6.21 Å². The van der Waals surface area contributed by atoms with Gasteiger partial charge in [-0.15, -0.1) is 0 Å². The minimum Gasteiger partial charge on any atom is -0.488 e. The molecule has 1 aromatic rings. The van der Waals surface area contributed by atoms with Gasteiger partial charge in [0.2, 0.25) is 0 Å². The second kappa shape index (κ2) is 7.82. The number of para-hydroxylation sites is 1. The second-order valence-corrected chi connectivity index (χ2v) is 7.61. The summed E-state index contributed by atoms with van der Waals surface area (Å²) >= 11 is 0. The third-order valence-electron chi connectivity index (χ3n) is 4.24. The molecule has 2 aliphatic heterocycles. The Morgan fingerprint density at radius 2 is 2.11 bits per heavy atom. The Morgan fingerprint density at radius 3 is 2.89 bits per heavy atom. The number of hydrazone groups is 1. The van der Waals surface area contributed by atoms with Gasteiger partial charge in [-0.1, -0.05) is 18.2 Å². The standard InChI is InChI=1S/C20H25N3O4/c1-20(2,3)27-19(25)23-10-6-8-16(23)18(24)22-21-12-14-11-15-7-4-5-9-17(15)26-13-14/h4-5,7,9,11-12,16H,6,8,10,13H2,1-3H3,(H,22,24)/b21-12+. The molecule has 1 fully saturated rings. The zero-order valence-corrected chi connectivity index (χ0v) is 15.9. The minimum absolute atomic E-state index is 0.313. The molecular weight excluding hydrogens is 346 g/mol. The quantitative estimate of drug-likeness (QED) is 0.654. The van der Waals surface area contributed by atoms with E-state index in [1.165, 1.54) is 4.90 Å². The van der Waals surface area contributed by atoms with Gasteiger partial charge in [0, 0.05) is 17.7 Å². The summed E-state index contributed by atoms with van der Waals surface area (Å²) in [6.07, 6.45) is 4.43. The van der Waals surface area contributed by atoms with Gasteiger partial charge in [-0.05, 0) is 45.8 Å². The molecule has 1 N–H and O–H groups in total. The molecule has 7 nitrogen and oxygen atoms in total. The van der Waals surface area contributed by atoms with Gasteiger partial charge < -0.3 is 9.47 Å². The van der Waals surface area contributed by atoms with Crippen LogP contribution in [0.4, 0.5) is 4.79 Å². The van der Waals surface area contributed by atoms with Gasteiger partial charge in [0.1, 0.15) is 24.0 Å². The zero-order chi connectivity index (χ0) is 19.4. The molecule has 0 aliphatic carbocycles. The van der Waals surface area contributed by atoms with E-state index in [9.17, 15) is 9.59 Å². The molecule has 7 heteroatoms. The average molecular weight is 371 g/mol. The van der Waals surface area contributed by atoms with Gasteiger partial charge in [0.25, 0.3) is 5.91 Å². The Hall–Kier alpha value is -2.83. The van der Waals surface area contributed by atoms with Crippen LogP contribution >= 0.6 is 0 Å². The summed E-state index contributed by atoms with van der Waals surface area (Å²) in [5.74, 6) is 0.519. The fourth-order valence-corrected chi connectivity index (χ4v) is 3.04. The first-order chi connectivity index (χ1) is 12.8. The number of nitrogens with zero attached hydrogens (tertiary/aromatic N) is 2. The van der Waals surface area contributed by atoms with Crippen molar-refractivity contribution in [2.45, 2.75) is 45.3 Å². The van der Waals surface area contributed by atoms with E-state index in [1.54, 1.807) is 27.0 Å². The van der Waals surface area contributed by atoms with Crippen molar-refractivity contribution in [3.63, 3.8) is 0 Å². The largest absolute Gasteiger partial charge is 0.488 e. The van der Waals surface area contributed by atoms with Crippen LogP contribution in [0, 0.1) is 0 Å². The van der Waals surface area contributed by atoms with Gasteiger partial charge in [-0.25, -0.2) is 10.2 Å². The summed E-state index contributed by atoms with van der Waals surface area (Å²) in [5, 5.41) is 4.03. The molecule has 1 atom stereocenters. The summed E-state index contributed by atoms with van der Waals surface area (Å²) in [7, 11) is 0. The molecule has 0 saturated carbocycles. The zero-order valence-electron chi connectivity index (χ0n) is 15.9. The molecule has 0 aromatic heterocycles. The molecule has 27 heavy (non-hydrogen) atoms. The third kappa shape index (κ3) is 4.87. The summed E-state index contributed by atoms with van der Waals surface area (Å²) in [6, 6.07) is 7.16. The number of hydrogen-bond acceptors (Lipinski definition) is 5. The van der Waals surface area contributed by atoms with Crippen molar-refractivity contribution in [2.75, 3.05) is 13.2 Å². The molecule has 1 saturated heterocycles. The lowest BCUT2D eigenvalue weighted by Crippen LogP contribution is -2.46. The van der Waals surface area contributed by atoms with Crippen molar-refractivity contribution in [1.29, 1.82) is 0 Å². The Labute approximate surface area is 159 Å². The predicted molar refractivity (Wildman–Crippen MR) is 103 cm³/mol. The average Bonchev–Trinajstić information content (AvgIpc) is 3.10. The highest BCUT2D eigenvalue weighted by molar-refractivity contribution is 5.90. The molecule has 3 rings (SSSR count). The number of rotatable bonds is 3. The second-order valence-electron chi connectivity index (χ2n) is 7.61. The Balaban J connectivity index is 1.58. The number of nitrogens with one attached hydrogen (secondary N) is 1. The fraction of sp³-hybridized carbons (Fsp3) is 0.450. The highest BCUT2D eigenvalue weighted by Crippen LogP contribution is 2.25. The molecule has 2 amide bonds. The van der Waals surface area contributed by atoms with Crippen molar-refractivity contribution < 1.29 is 19.1 Å². The number of amides is 2. The number of carbonyl (C=O) groups excluding carboxylic acids is 2.